The second kappa shape index (κ2) is 16.2. The van der Waals surface area contributed by atoms with Gasteiger partial charge in [0, 0.05) is 0 Å². The summed E-state index contributed by atoms with van der Waals surface area (Å²) < 4.78 is 0. The number of rotatable bonds is 8. The molecule has 2 unspecified atom stereocenters. The van der Waals surface area contributed by atoms with Crippen LogP contribution >= 0.6 is 31.8 Å². The molecule has 0 aliphatic rings. The van der Waals surface area contributed by atoms with Gasteiger partial charge in [0.25, 0.3) is 0 Å². The first-order valence-corrected chi connectivity index (χ1v) is 19.0. The van der Waals surface area contributed by atoms with Gasteiger partial charge < -0.3 is 0 Å². The van der Waals surface area contributed by atoms with Gasteiger partial charge in [-0.25, -0.2) is 24.3 Å². The average Bonchev–Trinajstić information content (AvgIpc) is 3.72. The fraction of sp³-hybridized carbons (Fsp3) is 0. The Hall–Kier alpha value is -2.18. The van der Waals surface area contributed by atoms with Crippen LogP contribution < -0.4 is 31.8 Å². The monoisotopic (exact) mass is 618 g/mol. The Labute approximate surface area is 249 Å². The van der Waals surface area contributed by atoms with Crippen LogP contribution in [0.5, 0.6) is 0 Å². The topological polar surface area (TPSA) is 0 Å². The summed E-state index contributed by atoms with van der Waals surface area (Å²) in [7, 11) is 1.13. The maximum Gasteiger partial charge on any atom is 2.00 e. The Morgan fingerprint density at radius 3 is 0.872 bits per heavy atom. The first-order chi connectivity index (χ1) is 18.9. The van der Waals surface area contributed by atoms with Crippen LogP contribution in [0.25, 0.3) is 0 Å². The van der Waals surface area contributed by atoms with Gasteiger partial charge in [0.05, 0.1) is 0 Å². The summed E-state index contributed by atoms with van der Waals surface area (Å²) in [6, 6.07) is 61.0. The van der Waals surface area contributed by atoms with E-state index in [0.29, 0.717) is 0 Å². The van der Waals surface area contributed by atoms with Gasteiger partial charge >= 0.3 is 17.1 Å². The van der Waals surface area contributed by atoms with Gasteiger partial charge in [0.1, 0.15) is 0 Å². The molecule has 0 saturated carbocycles. The Balaban J connectivity index is 0.000000176. The summed E-state index contributed by atoms with van der Waals surface area (Å²) in [5.74, 6) is 0. The number of benzene rings is 4. The average molecular weight is 618 g/mol. The number of hydrogen-bond donors (Lipinski definition) is 0. The zero-order chi connectivity index (χ0) is 25.8. The van der Waals surface area contributed by atoms with Crippen molar-refractivity contribution in [2.75, 3.05) is 0 Å². The van der Waals surface area contributed by atoms with Crippen LogP contribution in [-0.4, -0.2) is 0 Å². The van der Waals surface area contributed by atoms with Crippen molar-refractivity contribution in [2.24, 2.45) is 0 Å². The van der Waals surface area contributed by atoms with Gasteiger partial charge in [-0.1, -0.05) is 138 Å². The molecule has 6 aromatic carbocycles. The van der Waals surface area contributed by atoms with E-state index in [4.69, 9.17) is 0 Å². The standard InChI is InChI=1S/2C17H15P2.Fe/c2*1-3-11-16(12-4-1)19(17-13-5-2-6-14-17)18-15-9-7-8-10-15;/h2*1-14,18H;/q2*-1;+2. The molecular weight excluding hydrogens is 588 g/mol. The molecule has 0 aliphatic heterocycles. The zero-order valence-electron chi connectivity index (χ0n) is 21.4. The molecule has 5 heteroatoms. The molecule has 0 spiro atoms. The van der Waals surface area contributed by atoms with Crippen molar-refractivity contribution in [3.63, 3.8) is 0 Å². The fourth-order valence-electron chi connectivity index (χ4n) is 4.02. The van der Waals surface area contributed by atoms with Crippen LogP contribution in [0.15, 0.2) is 170 Å². The van der Waals surface area contributed by atoms with Crippen LogP contribution in [0.2, 0.25) is 0 Å². The molecule has 2 atom stereocenters. The van der Waals surface area contributed by atoms with Crippen molar-refractivity contribution in [3.05, 3.63) is 170 Å². The molecule has 0 amide bonds. The molecule has 194 valence electrons. The third kappa shape index (κ3) is 8.91. The van der Waals surface area contributed by atoms with Gasteiger partial charge in [-0.05, 0) is 36.4 Å². The van der Waals surface area contributed by atoms with Crippen molar-refractivity contribution in [1.82, 2.24) is 0 Å². The maximum absolute atomic E-state index is 2.26. The van der Waals surface area contributed by atoms with Crippen molar-refractivity contribution < 1.29 is 17.1 Å². The second-order valence-electron chi connectivity index (χ2n) is 8.58. The van der Waals surface area contributed by atoms with E-state index in [-0.39, 0.29) is 32.3 Å². The molecule has 0 N–H and O–H groups in total. The van der Waals surface area contributed by atoms with E-state index in [9.17, 15) is 0 Å². The van der Waals surface area contributed by atoms with Crippen molar-refractivity contribution in [2.45, 2.75) is 0 Å². The fourth-order valence-corrected chi connectivity index (χ4v) is 14.0. The normalized spacial score (nSPS) is 11.1. The Morgan fingerprint density at radius 1 is 0.359 bits per heavy atom. The van der Waals surface area contributed by atoms with Crippen molar-refractivity contribution >= 4 is 63.6 Å². The van der Waals surface area contributed by atoms with Gasteiger partial charge in [0.2, 0.25) is 0 Å². The van der Waals surface area contributed by atoms with Crippen LogP contribution in [0, 0.1) is 0 Å². The molecular formula is C34H30FeP4. The van der Waals surface area contributed by atoms with Crippen molar-refractivity contribution in [1.29, 1.82) is 0 Å². The predicted octanol–water partition coefficient (Wildman–Crippen LogP) is 7.51. The molecule has 0 aliphatic carbocycles. The summed E-state index contributed by atoms with van der Waals surface area (Å²) in [5, 5.41) is 8.76. The molecule has 0 bridgehead atoms. The summed E-state index contributed by atoms with van der Waals surface area (Å²) >= 11 is 0. The molecule has 0 nitrogen and oxygen atoms in total. The van der Waals surface area contributed by atoms with Crippen LogP contribution in [0.4, 0.5) is 0 Å². The molecule has 39 heavy (non-hydrogen) atoms. The van der Waals surface area contributed by atoms with Crippen LogP contribution in [-0.2, 0) is 17.1 Å². The first-order valence-electron chi connectivity index (χ1n) is 12.6. The minimum Gasteiger partial charge on any atom is -0.213 e. The second-order valence-corrected chi connectivity index (χ2v) is 17.6. The van der Waals surface area contributed by atoms with E-state index in [1.807, 2.05) is 0 Å². The Kier molecular flexibility index (Phi) is 12.4. The third-order valence-corrected chi connectivity index (χ3v) is 16.7. The summed E-state index contributed by atoms with van der Waals surface area (Å²) in [5.41, 5.74) is 0. The molecule has 0 radical (unpaired) electrons. The minimum absolute atomic E-state index is 0. The van der Waals surface area contributed by atoms with E-state index in [1.165, 1.54) is 31.8 Å². The Bertz CT molecular complexity index is 1240. The molecule has 0 heterocycles. The van der Waals surface area contributed by atoms with E-state index >= 15 is 0 Å². The van der Waals surface area contributed by atoms with Gasteiger partial charge in [-0.15, -0.1) is 10.6 Å². The minimum atomic E-state index is -0.274. The maximum atomic E-state index is 2.26. The summed E-state index contributed by atoms with van der Waals surface area (Å²) in [6.45, 7) is 0. The molecule has 0 saturated heterocycles. The van der Waals surface area contributed by atoms with E-state index in [0.717, 1.165) is 16.5 Å². The largest absolute Gasteiger partial charge is 2.00 e. The van der Waals surface area contributed by atoms with E-state index in [2.05, 4.69) is 170 Å². The van der Waals surface area contributed by atoms with Crippen LogP contribution in [0.1, 0.15) is 0 Å². The van der Waals surface area contributed by atoms with E-state index in [1.54, 1.807) is 0 Å². The quantitative estimate of drug-likeness (QED) is 0.0942. The molecule has 6 rings (SSSR count). The van der Waals surface area contributed by atoms with Gasteiger partial charge in [-0.3, -0.25) is 0 Å². The van der Waals surface area contributed by atoms with Gasteiger partial charge in [0.15, 0.2) is 0 Å². The number of hydrogen-bond acceptors (Lipinski definition) is 0. The SMILES string of the molecule is [Fe+2].c1ccc(P(Pc2ccc[cH-]2)c2ccccc2)cc1.c1ccc(P(Pc2ccc[cH-]2)c2ccccc2)cc1. The van der Waals surface area contributed by atoms with Crippen LogP contribution in [0.3, 0.4) is 0 Å². The molecule has 0 aromatic heterocycles. The van der Waals surface area contributed by atoms with Gasteiger partial charge in [-0.2, -0.15) is 24.3 Å². The molecule has 0 fully saturated rings. The predicted molar refractivity (Wildman–Crippen MR) is 178 cm³/mol. The summed E-state index contributed by atoms with van der Waals surface area (Å²) in [6.07, 6.45) is 0. The Morgan fingerprint density at radius 2 is 0.641 bits per heavy atom. The van der Waals surface area contributed by atoms with Crippen molar-refractivity contribution in [3.8, 4) is 0 Å². The summed E-state index contributed by atoms with van der Waals surface area (Å²) in [4.78, 5) is 0. The molecule has 6 aromatic rings. The van der Waals surface area contributed by atoms with E-state index < -0.39 is 0 Å². The first kappa shape index (κ1) is 29.8. The zero-order valence-corrected chi connectivity index (χ0v) is 26.3. The smallest absolute Gasteiger partial charge is 0.213 e. The third-order valence-electron chi connectivity index (χ3n) is 5.86.